The molecule has 0 amide bonds. The lowest BCUT2D eigenvalue weighted by Gasteiger charge is -2.12. The Balaban J connectivity index is 3.35. The van der Waals surface area contributed by atoms with Crippen LogP contribution in [-0.4, -0.2) is 41.1 Å². The summed E-state index contributed by atoms with van der Waals surface area (Å²) in [7, 11) is -3.85. The number of rotatable bonds is 18. The van der Waals surface area contributed by atoms with E-state index in [4.69, 9.17) is 9.05 Å². The molecule has 0 aliphatic carbocycles. The fourth-order valence-corrected chi connectivity index (χ4v) is 4.52. The predicted octanol–water partition coefficient (Wildman–Crippen LogP) is 5.75. The molecule has 140 valence electrons. The van der Waals surface area contributed by atoms with Crippen LogP contribution in [0.15, 0.2) is 0 Å². The Labute approximate surface area is 151 Å². The van der Waals surface area contributed by atoms with Gasteiger partial charge in [-0.1, -0.05) is 52.4 Å². The highest BCUT2D eigenvalue weighted by molar-refractivity contribution is 7.99. The van der Waals surface area contributed by atoms with Gasteiger partial charge in [-0.15, -0.1) is 0 Å². The second-order valence-corrected chi connectivity index (χ2v) is 9.38. The molecule has 0 saturated heterocycles. The van der Waals surface area contributed by atoms with Gasteiger partial charge in [-0.25, -0.2) is 4.57 Å². The van der Waals surface area contributed by atoms with Gasteiger partial charge in [-0.3, -0.25) is 9.05 Å². The zero-order chi connectivity index (χ0) is 17.2. The van der Waals surface area contributed by atoms with E-state index in [1.54, 1.807) is 23.5 Å². The summed E-state index contributed by atoms with van der Waals surface area (Å²) in [6, 6.07) is 0. The fraction of sp³-hybridized carbons (Fsp3) is 1.00. The van der Waals surface area contributed by atoms with Gasteiger partial charge in [0.05, 0.1) is 13.2 Å². The van der Waals surface area contributed by atoms with Gasteiger partial charge in [0, 0.05) is 11.5 Å². The maximum atomic E-state index is 11.7. The first-order valence-electron chi connectivity index (χ1n) is 8.89. The average Bonchev–Trinajstić information content (AvgIpc) is 2.52. The van der Waals surface area contributed by atoms with E-state index in [-0.39, 0.29) is 13.2 Å². The largest absolute Gasteiger partial charge is 0.472 e. The molecule has 0 unspecified atom stereocenters. The molecular formula is C16H35O4PS2. The van der Waals surface area contributed by atoms with Crippen LogP contribution in [0.25, 0.3) is 0 Å². The van der Waals surface area contributed by atoms with E-state index in [0.717, 1.165) is 23.0 Å². The Hall–Kier alpha value is 0.810. The van der Waals surface area contributed by atoms with Gasteiger partial charge in [-0.2, -0.15) is 23.5 Å². The van der Waals surface area contributed by atoms with Gasteiger partial charge < -0.3 is 4.89 Å². The van der Waals surface area contributed by atoms with Crippen LogP contribution >= 0.6 is 31.3 Å². The number of thioether (sulfide) groups is 2. The molecule has 0 aliphatic rings. The van der Waals surface area contributed by atoms with E-state index >= 15 is 0 Å². The van der Waals surface area contributed by atoms with E-state index < -0.39 is 7.82 Å². The number of unbranched alkanes of at least 4 members (excludes halogenated alkanes) is 6. The monoisotopic (exact) mass is 386 g/mol. The second-order valence-electron chi connectivity index (χ2n) is 5.48. The summed E-state index contributed by atoms with van der Waals surface area (Å²) in [4.78, 5) is 9.55. The maximum absolute atomic E-state index is 11.7. The molecule has 1 N–H and O–H groups in total. The van der Waals surface area contributed by atoms with Crippen LogP contribution in [0, 0.1) is 0 Å². The van der Waals surface area contributed by atoms with Crippen LogP contribution in [0.3, 0.4) is 0 Å². The molecule has 0 atom stereocenters. The predicted molar refractivity (Wildman–Crippen MR) is 105 cm³/mol. The first kappa shape index (κ1) is 23.8. The highest BCUT2D eigenvalue weighted by Gasteiger charge is 2.20. The van der Waals surface area contributed by atoms with Crippen molar-refractivity contribution in [2.75, 3.05) is 36.2 Å². The Morgan fingerprint density at radius 3 is 1.57 bits per heavy atom. The summed E-state index contributed by atoms with van der Waals surface area (Å²) in [5.74, 6) is 3.67. The van der Waals surface area contributed by atoms with E-state index in [0.29, 0.717) is 0 Å². The molecule has 4 nitrogen and oxygen atoms in total. The van der Waals surface area contributed by atoms with E-state index in [2.05, 4.69) is 13.8 Å². The van der Waals surface area contributed by atoms with Crippen molar-refractivity contribution < 1.29 is 18.5 Å². The Bertz CT molecular complexity index is 269. The van der Waals surface area contributed by atoms with Crippen LogP contribution < -0.4 is 0 Å². The van der Waals surface area contributed by atoms with Crippen molar-refractivity contribution in [3.8, 4) is 0 Å². The minimum Gasteiger partial charge on any atom is -0.302 e. The van der Waals surface area contributed by atoms with Crippen LogP contribution in [0.2, 0.25) is 0 Å². The SMILES string of the molecule is CCCCCCSCCOP(=O)(O)OCCSCCCCCC. The summed E-state index contributed by atoms with van der Waals surface area (Å²) in [5, 5.41) is 0. The molecule has 23 heavy (non-hydrogen) atoms. The first-order chi connectivity index (χ1) is 11.1. The molecule has 0 fully saturated rings. The van der Waals surface area contributed by atoms with Crippen molar-refractivity contribution in [3.63, 3.8) is 0 Å². The molecule has 0 spiro atoms. The smallest absolute Gasteiger partial charge is 0.302 e. The zero-order valence-corrected chi connectivity index (χ0v) is 17.4. The standard InChI is InChI=1S/C16H35O4PS2/c1-3-5-7-9-13-22-15-11-19-21(17,18)20-12-16-23-14-10-8-6-4-2/h3-16H2,1-2H3,(H,17,18). The van der Waals surface area contributed by atoms with E-state index in [9.17, 15) is 9.46 Å². The van der Waals surface area contributed by atoms with Gasteiger partial charge in [0.15, 0.2) is 0 Å². The maximum Gasteiger partial charge on any atom is 0.472 e. The molecule has 0 radical (unpaired) electrons. The van der Waals surface area contributed by atoms with Gasteiger partial charge in [0.2, 0.25) is 0 Å². The normalized spacial score (nSPS) is 12.0. The Morgan fingerprint density at radius 2 is 1.17 bits per heavy atom. The van der Waals surface area contributed by atoms with Crippen molar-refractivity contribution in [2.45, 2.75) is 65.2 Å². The number of phosphoric ester groups is 1. The lowest BCUT2D eigenvalue weighted by Crippen LogP contribution is -2.02. The van der Waals surface area contributed by atoms with Crippen LogP contribution in [-0.2, 0) is 13.6 Å². The summed E-state index contributed by atoms with van der Waals surface area (Å²) in [6.45, 7) is 4.95. The third-order valence-corrected chi connectivity index (χ3v) is 6.33. The lowest BCUT2D eigenvalue weighted by molar-refractivity contribution is 0.163. The first-order valence-corrected chi connectivity index (χ1v) is 12.7. The van der Waals surface area contributed by atoms with Crippen molar-refractivity contribution in [1.29, 1.82) is 0 Å². The number of hydrogen-bond acceptors (Lipinski definition) is 5. The topological polar surface area (TPSA) is 55.8 Å². The summed E-state index contributed by atoms with van der Waals surface area (Å²) >= 11 is 3.54. The highest BCUT2D eigenvalue weighted by atomic mass is 32.2. The van der Waals surface area contributed by atoms with Gasteiger partial charge in [0.1, 0.15) is 0 Å². The van der Waals surface area contributed by atoms with E-state index in [1.165, 1.54) is 51.4 Å². The molecule has 0 bridgehead atoms. The molecule has 0 aliphatic heterocycles. The Kier molecular flexibility index (Phi) is 18.2. The third-order valence-electron chi connectivity index (χ3n) is 3.25. The number of phosphoric acid groups is 1. The fourth-order valence-electron chi connectivity index (χ4n) is 1.93. The molecular weight excluding hydrogens is 351 g/mol. The van der Waals surface area contributed by atoms with Crippen LogP contribution in [0.5, 0.6) is 0 Å². The molecule has 0 aromatic carbocycles. The molecule has 0 rings (SSSR count). The van der Waals surface area contributed by atoms with E-state index in [1.807, 2.05) is 0 Å². The van der Waals surface area contributed by atoms with Crippen LogP contribution in [0.1, 0.15) is 65.2 Å². The zero-order valence-electron chi connectivity index (χ0n) is 14.8. The minimum atomic E-state index is -3.85. The third kappa shape index (κ3) is 19.0. The molecule has 0 heterocycles. The molecule has 0 saturated carbocycles. The number of hydrogen-bond donors (Lipinski definition) is 1. The van der Waals surface area contributed by atoms with Gasteiger partial charge >= 0.3 is 7.82 Å². The van der Waals surface area contributed by atoms with Crippen molar-refractivity contribution in [3.05, 3.63) is 0 Å². The average molecular weight is 387 g/mol. The van der Waals surface area contributed by atoms with Gasteiger partial charge in [0.25, 0.3) is 0 Å². The molecule has 0 aromatic heterocycles. The highest BCUT2D eigenvalue weighted by Crippen LogP contribution is 2.43. The minimum absolute atomic E-state index is 0.274. The lowest BCUT2D eigenvalue weighted by atomic mass is 10.2. The van der Waals surface area contributed by atoms with Crippen LogP contribution in [0.4, 0.5) is 0 Å². The quantitative estimate of drug-likeness (QED) is 0.239. The van der Waals surface area contributed by atoms with Crippen molar-refractivity contribution in [1.82, 2.24) is 0 Å². The Morgan fingerprint density at radius 1 is 0.739 bits per heavy atom. The van der Waals surface area contributed by atoms with Crippen molar-refractivity contribution >= 4 is 31.3 Å². The summed E-state index contributed by atoms with van der Waals surface area (Å²) < 4.78 is 21.6. The summed E-state index contributed by atoms with van der Waals surface area (Å²) in [6.07, 6.45) is 10.0. The molecule has 7 heteroatoms. The second kappa shape index (κ2) is 17.6. The van der Waals surface area contributed by atoms with Gasteiger partial charge in [-0.05, 0) is 24.3 Å². The molecule has 0 aromatic rings. The van der Waals surface area contributed by atoms with Crippen molar-refractivity contribution in [2.24, 2.45) is 0 Å². The summed E-state index contributed by atoms with van der Waals surface area (Å²) in [5.41, 5.74) is 0.